The van der Waals surface area contributed by atoms with Gasteiger partial charge in [0.2, 0.25) is 5.91 Å². The molecular formula is C17H26N2O2. The fourth-order valence-electron chi connectivity index (χ4n) is 2.83. The van der Waals surface area contributed by atoms with Crippen molar-refractivity contribution in [1.29, 1.82) is 0 Å². The summed E-state index contributed by atoms with van der Waals surface area (Å²) in [5, 5.41) is 3.47. The van der Waals surface area contributed by atoms with Gasteiger partial charge < -0.3 is 9.64 Å². The smallest absolute Gasteiger partial charge is 0.241 e. The highest BCUT2D eigenvalue weighted by Gasteiger charge is 2.37. The van der Waals surface area contributed by atoms with Crippen molar-refractivity contribution in [2.75, 3.05) is 19.8 Å². The molecule has 1 aliphatic rings. The SMILES string of the molecule is CCOCCCN1C(=O)C(Cc2ccccc2)NC1CC. The van der Waals surface area contributed by atoms with Crippen LogP contribution < -0.4 is 5.32 Å². The minimum absolute atomic E-state index is 0.0931. The fourth-order valence-corrected chi connectivity index (χ4v) is 2.83. The van der Waals surface area contributed by atoms with Crippen molar-refractivity contribution in [3.05, 3.63) is 35.9 Å². The van der Waals surface area contributed by atoms with E-state index in [4.69, 9.17) is 4.74 Å². The van der Waals surface area contributed by atoms with Crippen LogP contribution in [0.3, 0.4) is 0 Å². The maximum atomic E-state index is 12.6. The lowest BCUT2D eigenvalue weighted by atomic mass is 10.1. The molecule has 0 aliphatic carbocycles. The van der Waals surface area contributed by atoms with E-state index < -0.39 is 0 Å². The standard InChI is InChI=1S/C17H26N2O2/c1-3-16-18-15(13-14-9-6-5-7-10-14)17(20)19(16)11-8-12-21-4-2/h5-7,9-10,15-16,18H,3-4,8,11-13H2,1-2H3. The van der Waals surface area contributed by atoms with E-state index in [2.05, 4.69) is 24.4 Å². The average Bonchev–Trinajstić information content (AvgIpc) is 2.81. The molecule has 4 heteroatoms. The van der Waals surface area contributed by atoms with Crippen molar-refractivity contribution in [1.82, 2.24) is 10.2 Å². The second-order valence-electron chi connectivity index (χ2n) is 5.42. The van der Waals surface area contributed by atoms with Gasteiger partial charge in [0, 0.05) is 19.8 Å². The van der Waals surface area contributed by atoms with Crippen molar-refractivity contribution in [2.24, 2.45) is 0 Å². The molecule has 1 aliphatic heterocycles. The van der Waals surface area contributed by atoms with Crippen molar-refractivity contribution in [3.63, 3.8) is 0 Å². The van der Waals surface area contributed by atoms with Crippen LogP contribution in [-0.4, -0.2) is 42.8 Å². The van der Waals surface area contributed by atoms with Gasteiger partial charge in [-0.25, -0.2) is 0 Å². The number of amides is 1. The summed E-state index contributed by atoms with van der Waals surface area (Å²) in [6, 6.07) is 10.1. The van der Waals surface area contributed by atoms with Gasteiger partial charge >= 0.3 is 0 Å². The van der Waals surface area contributed by atoms with Crippen LogP contribution in [0.15, 0.2) is 30.3 Å². The molecule has 4 nitrogen and oxygen atoms in total. The Morgan fingerprint density at radius 1 is 1.24 bits per heavy atom. The summed E-state index contributed by atoms with van der Waals surface area (Å²) in [6.07, 6.45) is 2.76. The molecule has 21 heavy (non-hydrogen) atoms. The Kier molecular flexibility index (Phi) is 6.21. The van der Waals surface area contributed by atoms with Gasteiger partial charge in [0.05, 0.1) is 12.2 Å². The molecule has 0 bridgehead atoms. The van der Waals surface area contributed by atoms with Crippen LogP contribution >= 0.6 is 0 Å². The van der Waals surface area contributed by atoms with Crippen molar-refractivity contribution in [3.8, 4) is 0 Å². The van der Waals surface area contributed by atoms with Gasteiger partial charge in [0.25, 0.3) is 0 Å². The lowest BCUT2D eigenvalue weighted by molar-refractivity contribution is -0.130. The molecule has 2 rings (SSSR count). The van der Waals surface area contributed by atoms with Crippen molar-refractivity contribution >= 4 is 5.91 Å². The van der Waals surface area contributed by atoms with E-state index in [1.54, 1.807) is 0 Å². The zero-order valence-corrected chi connectivity index (χ0v) is 13.0. The second kappa shape index (κ2) is 8.15. The van der Waals surface area contributed by atoms with E-state index in [1.807, 2.05) is 30.0 Å². The van der Waals surface area contributed by atoms with Gasteiger partial charge in [-0.1, -0.05) is 37.3 Å². The van der Waals surface area contributed by atoms with E-state index in [0.717, 1.165) is 39.0 Å². The van der Waals surface area contributed by atoms with Crippen LogP contribution in [0.25, 0.3) is 0 Å². The van der Waals surface area contributed by atoms with Gasteiger partial charge in [0.1, 0.15) is 0 Å². The first-order valence-electron chi connectivity index (χ1n) is 7.94. The Hall–Kier alpha value is -1.39. The van der Waals surface area contributed by atoms with Gasteiger partial charge in [-0.15, -0.1) is 0 Å². The lowest BCUT2D eigenvalue weighted by Gasteiger charge is -2.22. The molecule has 1 heterocycles. The van der Waals surface area contributed by atoms with Crippen LogP contribution in [0, 0.1) is 0 Å². The van der Waals surface area contributed by atoms with Crippen LogP contribution in [0.2, 0.25) is 0 Å². The third kappa shape index (κ3) is 4.29. The minimum Gasteiger partial charge on any atom is -0.382 e. The molecule has 1 saturated heterocycles. The molecule has 1 amide bonds. The Bertz CT molecular complexity index is 436. The number of hydrogen-bond donors (Lipinski definition) is 1. The van der Waals surface area contributed by atoms with Crippen molar-refractivity contribution in [2.45, 2.75) is 45.3 Å². The molecule has 0 aromatic heterocycles. The minimum atomic E-state index is -0.0931. The second-order valence-corrected chi connectivity index (χ2v) is 5.42. The number of rotatable bonds is 8. The summed E-state index contributed by atoms with van der Waals surface area (Å²) in [4.78, 5) is 14.5. The number of hydrogen-bond acceptors (Lipinski definition) is 3. The van der Waals surface area contributed by atoms with E-state index in [-0.39, 0.29) is 18.1 Å². The molecule has 116 valence electrons. The summed E-state index contributed by atoms with van der Waals surface area (Å²) in [7, 11) is 0. The van der Waals surface area contributed by atoms with Gasteiger partial charge in [-0.2, -0.15) is 0 Å². The van der Waals surface area contributed by atoms with Crippen LogP contribution in [0.5, 0.6) is 0 Å². The molecule has 1 aromatic rings. The zero-order valence-electron chi connectivity index (χ0n) is 13.0. The maximum absolute atomic E-state index is 12.6. The monoisotopic (exact) mass is 290 g/mol. The molecule has 1 fully saturated rings. The van der Waals surface area contributed by atoms with Gasteiger partial charge in [0.15, 0.2) is 0 Å². The first-order valence-corrected chi connectivity index (χ1v) is 7.94. The number of carbonyl (C=O) groups excluding carboxylic acids is 1. The number of ether oxygens (including phenoxy) is 1. The normalized spacial score (nSPS) is 22.0. The maximum Gasteiger partial charge on any atom is 0.241 e. The van der Waals surface area contributed by atoms with Gasteiger partial charge in [-0.05, 0) is 31.7 Å². The average molecular weight is 290 g/mol. The number of nitrogens with zero attached hydrogens (tertiary/aromatic N) is 1. The summed E-state index contributed by atoms with van der Waals surface area (Å²) >= 11 is 0. The Morgan fingerprint density at radius 2 is 2.00 bits per heavy atom. The molecule has 2 unspecified atom stereocenters. The highest BCUT2D eigenvalue weighted by atomic mass is 16.5. The van der Waals surface area contributed by atoms with Crippen molar-refractivity contribution < 1.29 is 9.53 Å². The first-order chi connectivity index (χ1) is 10.3. The Morgan fingerprint density at radius 3 is 2.67 bits per heavy atom. The lowest BCUT2D eigenvalue weighted by Crippen LogP contribution is -2.37. The topological polar surface area (TPSA) is 41.6 Å². The van der Waals surface area contributed by atoms with E-state index in [1.165, 1.54) is 5.56 Å². The molecule has 0 saturated carbocycles. The highest BCUT2D eigenvalue weighted by molar-refractivity contribution is 5.84. The summed E-state index contributed by atoms with van der Waals surface area (Å²) in [5.41, 5.74) is 1.20. The summed E-state index contributed by atoms with van der Waals surface area (Å²) in [5.74, 6) is 0.224. The number of benzene rings is 1. The highest BCUT2D eigenvalue weighted by Crippen LogP contribution is 2.17. The van der Waals surface area contributed by atoms with Crippen LogP contribution in [0.4, 0.5) is 0 Å². The van der Waals surface area contributed by atoms with E-state index >= 15 is 0 Å². The first kappa shape index (κ1) is 16.0. The summed E-state index contributed by atoms with van der Waals surface area (Å²) in [6.45, 7) is 6.34. The predicted octanol–water partition coefficient (Wildman–Crippen LogP) is 2.19. The van der Waals surface area contributed by atoms with Gasteiger partial charge in [-0.3, -0.25) is 10.1 Å². The molecule has 2 atom stereocenters. The zero-order chi connectivity index (χ0) is 15.1. The predicted molar refractivity (Wildman–Crippen MR) is 84.0 cm³/mol. The molecule has 1 N–H and O–H groups in total. The molecule has 0 radical (unpaired) electrons. The third-order valence-electron chi connectivity index (χ3n) is 3.91. The quantitative estimate of drug-likeness (QED) is 0.746. The van der Waals surface area contributed by atoms with E-state index in [0.29, 0.717) is 0 Å². The van der Waals surface area contributed by atoms with Crippen LogP contribution in [0.1, 0.15) is 32.3 Å². The Balaban J connectivity index is 1.91. The molecule has 1 aromatic carbocycles. The van der Waals surface area contributed by atoms with Crippen LogP contribution in [-0.2, 0) is 16.0 Å². The molecular weight excluding hydrogens is 264 g/mol. The number of carbonyl (C=O) groups is 1. The molecule has 0 spiro atoms. The third-order valence-corrected chi connectivity index (χ3v) is 3.91. The summed E-state index contributed by atoms with van der Waals surface area (Å²) < 4.78 is 5.36. The largest absolute Gasteiger partial charge is 0.382 e. The van der Waals surface area contributed by atoms with E-state index in [9.17, 15) is 4.79 Å². The fraction of sp³-hybridized carbons (Fsp3) is 0.588. The Labute approximate surface area is 127 Å². The number of nitrogens with one attached hydrogen (secondary N) is 1.